The lowest BCUT2D eigenvalue weighted by Crippen LogP contribution is -2.31. The van der Waals surface area contributed by atoms with Gasteiger partial charge in [0.2, 0.25) is 10.0 Å². The minimum absolute atomic E-state index is 0.0551. The summed E-state index contributed by atoms with van der Waals surface area (Å²) in [6, 6.07) is 13.8. The molecule has 0 aromatic heterocycles. The predicted molar refractivity (Wildman–Crippen MR) is 93.0 cm³/mol. The van der Waals surface area contributed by atoms with E-state index in [1.54, 1.807) is 10.4 Å². The fourth-order valence-corrected chi connectivity index (χ4v) is 5.26. The normalized spacial score (nSPS) is 19.2. The number of nitrogens with zero attached hydrogens (tertiary/aromatic N) is 1. The quantitative estimate of drug-likeness (QED) is 0.849. The lowest BCUT2D eigenvalue weighted by molar-refractivity contribution is 0.396. The minimum atomic E-state index is -3.47. The lowest BCUT2D eigenvalue weighted by Gasteiger charge is -2.25. The van der Waals surface area contributed by atoms with Crippen LogP contribution in [0.1, 0.15) is 41.1 Å². The molecule has 1 heterocycles. The Kier molecular flexibility index (Phi) is 4.30. The molecule has 1 saturated heterocycles. The van der Waals surface area contributed by atoms with Gasteiger partial charge in [-0.25, -0.2) is 8.42 Å². The van der Waals surface area contributed by atoms with Crippen LogP contribution in [0.3, 0.4) is 0 Å². The monoisotopic (exact) mass is 329 g/mol. The summed E-state index contributed by atoms with van der Waals surface area (Å²) in [5.74, 6) is 0. The third-order valence-corrected chi connectivity index (χ3v) is 6.65. The molecule has 23 heavy (non-hydrogen) atoms. The maximum Gasteiger partial charge on any atom is 0.243 e. The van der Waals surface area contributed by atoms with Crippen LogP contribution in [-0.4, -0.2) is 19.3 Å². The van der Waals surface area contributed by atoms with Gasteiger partial charge in [-0.05, 0) is 56.4 Å². The number of hydrogen-bond acceptors (Lipinski definition) is 2. The van der Waals surface area contributed by atoms with E-state index in [0.29, 0.717) is 11.4 Å². The van der Waals surface area contributed by atoms with Crippen LogP contribution >= 0.6 is 0 Å². The van der Waals surface area contributed by atoms with Crippen LogP contribution in [0, 0.1) is 20.8 Å². The van der Waals surface area contributed by atoms with Gasteiger partial charge in [-0.15, -0.1) is 0 Å². The fraction of sp³-hybridized carbons (Fsp3) is 0.368. The second kappa shape index (κ2) is 6.10. The van der Waals surface area contributed by atoms with Crippen molar-refractivity contribution in [3.05, 3.63) is 64.7 Å². The van der Waals surface area contributed by atoms with E-state index in [4.69, 9.17) is 0 Å². The highest BCUT2D eigenvalue weighted by Gasteiger charge is 2.36. The van der Waals surface area contributed by atoms with Crippen LogP contribution in [0.5, 0.6) is 0 Å². The Morgan fingerprint density at radius 3 is 2.30 bits per heavy atom. The van der Waals surface area contributed by atoms with Crippen molar-refractivity contribution in [1.29, 1.82) is 0 Å². The van der Waals surface area contributed by atoms with Crippen molar-refractivity contribution in [1.82, 2.24) is 4.31 Å². The lowest BCUT2D eigenvalue weighted by atomic mass is 10.0. The fourth-order valence-electron chi connectivity index (χ4n) is 3.26. The summed E-state index contributed by atoms with van der Waals surface area (Å²) in [7, 11) is -3.47. The van der Waals surface area contributed by atoms with Crippen molar-refractivity contribution in [2.45, 2.75) is 44.6 Å². The summed E-state index contributed by atoms with van der Waals surface area (Å²) >= 11 is 0. The average molecular weight is 329 g/mol. The summed E-state index contributed by atoms with van der Waals surface area (Å²) in [5.41, 5.74) is 4.06. The van der Waals surface area contributed by atoms with Gasteiger partial charge in [-0.1, -0.05) is 42.0 Å². The maximum absolute atomic E-state index is 13.2. The number of rotatable bonds is 3. The molecule has 2 aromatic carbocycles. The molecule has 0 saturated carbocycles. The van der Waals surface area contributed by atoms with Crippen molar-refractivity contribution in [3.63, 3.8) is 0 Å². The van der Waals surface area contributed by atoms with Gasteiger partial charge in [0.25, 0.3) is 0 Å². The summed E-state index contributed by atoms with van der Waals surface area (Å²) in [6.07, 6.45) is 1.79. The molecule has 3 rings (SSSR count). The first kappa shape index (κ1) is 16.2. The molecule has 1 unspecified atom stereocenters. The molecule has 1 aliphatic heterocycles. The van der Waals surface area contributed by atoms with Crippen molar-refractivity contribution in [2.24, 2.45) is 0 Å². The van der Waals surface area contributed by atoms with E-state index >= 15 is 0 Å². The number of sulfonamides is 1. The van der Waals surface area contributed by atoms with E-state index in [1.807, 2.05) is 32.9 Å². The molecule has 0 radical (unpaired) electrons. The van der Waals surface area contributed by atoms with E-state index in [9.17, 15) is 8.42 Å². The molecule has 1 fully saturated rings. The molecule has 122 valence electrons. The first-order valence-electron chi connectivity index (χ1n) is 8.05. The topological polar surface area (TPSA) is 37.4 Å². The molecule has 0 aliphatic carbocycles. The minimum Gasteiger partial charge on any atom is -0.207 e. The van der Waals surface area contributed by atoms with Crippen LogP contribution in [-0.2, 0) is 10.0 Å². The molecule has 0 N–H and O–H groups in total. The van der Waals surface area contributed by atoms with Gasteiger partial charge in [0.05, 0.1) is 10.9 Å². The van der Waals surface area contributed by atoms with Crippen LogP contribution in [0.15, 0.2) is 47.4 Å². The molecule has 2 aromatic rings. The van der Waals surface area contributed by atoms with Gasteiger partial charge in [-0.3, -0.25) is 0 Å². The molecular formula is C19H23NO2S. The number of aryl methyl sites for hydroxylation is 3. The Labute approximate surface area is 139 Å². The van der Waals surface area contributed by atoms with E-state index < -0.39 is 10.0 Å². The SMILES string of the molecule is Cc1ccc(C2CCCN2S(=O)(=O)c2cc(C)ccc2C)cc1. The highest BCUT2D eigenvalue weighted by Crippen LogP contribution is 2.37. The van der Waals surface area contributed by atoms with Crippen molar-refractivity contribution in [2.75, 3.05) is 6.54 Å². The van der Waals surface area contributed by atoms with Crippen molar-refractivity contribution in [3.8, 4) is 0 Å². The Morgan fingerprint density at radius 2 is 1.61 bits per heavy atom. The Bertz CT molecular complexity index is 810. The zero-order valence-corrected chi connectivity index (χ0v) is 14.7. The zero-order valence-electron chi connectivity index (χ0n) is 13.9. The first-order chi connectivity index (χ1) is 10.9. The molecule has 0 spiro atoms. The Balaban J connectivity index is 2.01. The van der Waals surface area contributed by atoms with Gasteiger partial charge < -0.3 is 0 Å². The summed E-state index contributed by atoms with van der Waals surface area (Å²) in [6.45, 7) is 6.43. The van der Waals surface area contributed by atoms with Crippen LogP contribution in [0.25, 0.3) is 0 Å². The van der Waals surface area contributed by atoms with Gasteiger partial charge >= 0.3 is 0 Å². The summed E-state index contributed by atoms with van der Waals surface area (Å²) < 4.78 is 28.0. The summed E-state index contributed by atoms with van der Waals surface area (Å²) in [4.78, 5) is 0.441. The predicted octanol–water partition coefficient (Wildman–Crippen LogP) is 4.14. The molecular weight excluding hydrogens is 306 g/mol. The summed E-state index contributed by atoms with van der Waals surface area (Å²) in [5, 5.41) is 0. The van der Waals surface area contributed by atoms with Gasteiger partial charge in [-0.2, -0.15) is 4.31 Å². The molecule has 1 aliphatic rings. The standard InChI is InChI=1S/C19H23NO2S/c1-14-7-10-17(11-8-14)18-5-4-12-20(18)23(21,22)19-13-15(2)6-9-16(19)3/h6-11,13,18H,4-5,12H2,1-3H3. The molecule has 1 atom stereocenters. The van der Waals surface area contributed by atoms with Crippen molar-refractivity contribution < 1.29 is 8.42 Å². The average Bonchev–Trinajstić information content (AvgIpc) is 3.00. The number of hydrogen-bond donors (Lipinski definition) is 0. The maximum atomic E-state index is 13.2. The van der Waals surface area contributed by atoms with Crippen LogP contribution in [0.4, 0.5) is 0 Å². The van der Waals surface area contributed by atoms with E-state index in [2.05, 4.69) is 24.3 Å². The van der Waals surface area contributed by atoms with Crippen molar-refractivity contribution >= 4 is 10.0 Å². The second-order valence-electron chi connectivity index (χ2n) is 6.45. The van der Waals surface area contributed by atoms with E-state index in [-0.39, 0.29) is 6.04 Å². The Hall–Kier alpha value is -1.65. The second-order valence-corrected chi connectivity index (χ2v) is 8.31. The highest BCUT2D eigenvalue weighted by atomic mass is 32.2. The van der Waals surface area contributed by atoms with Gasteiger partial charge in [0.15, 0.2) is 0 Å². The van der Waals surface area contributed by atoms with E-state index in [1.165, 1.54) is 5.56 Å². The largest absolute Gasteiger partial charge is 0.243 e. The van der Waals surface area contributed by atoms with E-state index in [0.717, 1.165) is 29.5 Å². The third kappa shape index (κ3) is 3.06. The van der Waals surface area contributed by atoms with Gasteiger partial charge in [0.1, 0.15) is 0 Å². The van der Waals surface area contributed by atoms with Crippen LogP contribution in [0.2, 0.25) is 0 Å². The molecule has 4 heteroatoms. The smallest absolute Gasteiger partial charge is 0.207 e. The number of benzene rings is 2. The molecule has 0 bridgehead atoms. The van der Waals surface area contributed by atoms with Gasteiger partial charge in [0, 0.05) is 6.54 Å². The third-order valence-electron chi connectivity index (χ3n) is 4.60. The molecule has 0 amide bonds. The Morgan fingerprint density at radius 1 is 0.957 bits per heavy atom. The highest BCUT2D eigenvalue weighted by molar-refractivity contribution is 7.89. The zero-order chi connectivity index (χ0) is 16.6. The first-order valence-corrected chi connectivity index (χ1v) is 9.49. The molecule has 3 nitrogen and oxygen atoms in total. The van der Waals surface area contributed by atoms with Crippen LogP contribution < -0.4 is 0 Å².